The first-order valence-corrected chi connectivity index (χ1v) is 10.5. The Balaban J connectivity index is 1.44. The maximum absolute atomic E-state index is 5.88. The van der Waals surface area contributed by atoms with Gasteiger partial charge in [-0.15, -0.1) is 5.10 Å². The molecule has 158 valence electrons. The molecule has 0 atom stereocenters. The Hall–Kier alpha value is -3.67. The Morgan fingerprint density at radius 2 is 1.90 bits per heavy atom. The first kappa shape index (κ1) is 20.6. The molecule has 0 amide bonds. The highest BCUT2D eigenvalue weighted by atomic mass is 16.5. The Morgan fingerprint density at radius 1 is 1.00 bits per heavy atom. The lowest BCUT2D eigenvalue weighted by Crippen LogP contribution is -2.00. The summed E-state index contributed by atoms with van der Waals surface area (Å²) < 4.78 is 7.70. The van der Waals surface area contributed by atoms with E-state index in [2.05, 4.69) is 47.5 Å². The van der Waals surface area contributed by atoms with Gasteiger partial charge in [-0.05, 0) is 73.4 Å². The normalized spacial score (nSPS) is 11.0. The fraction of sp³-hybridized carbons (Fsp3) is 0.240. The van der Waals surface area contributed by atoms with Crippen LogP contribution in [0.2, 0.25) is 0 Å². The summed E-state index contributed by atoms with van der Waals surface area (Å²) in [4.78, 5) is 4.29. The minimum Gasteiger partial charge on any atom is -0.487 e. The van der Waals surface area contributed by atoms with Crippen molar-refractivity contribution in [2.24, 2.45) is 5.92 Å². The van der Waals surface area contributed by atoms with Crippen molar-refractivity contribution in [3.05, 3.63) is 90.0 Å². The zero-order valence-corrected chi connectivity index (χ0v) is 18.1. The van der Waals surface area contributed by atoms with Crippen LogP contribution in [0.15, 0.2) is 73.1 Å². The van der Waals surface area contributed by atoms with E-state index in [1.54, 1.807) is 6.20 Å². The minimum absolute atomic E-state index is 0.450. The van der Waals surface area contributed by atoms with Gasteiger partial charge in [0.15, 0.2) is 0 Å². The van der Waals surface area contributed by atoms with Crippen molar-refractivity contribution in [1.82, 2.24) is 20.0 Å². The van der Waals surface area contributed by atoms with E-state index in [4.69, 9.17) is 4.74 Å². The van der Waals surface area contributed by atoms with Crippen LogP contribution in [0.5, 0.6) is 5.75 Å². The van der Waals surface area contributed by atoms with Crippen molar-refractivity contribution in [3.63, 3.8) is 0 Å². The van der Waals surface area contributed by atoms with Crippen molar-refractivity contribution in [3.8, 4) is 11.4 Å². The molecule has 0 radical (unpaired) electrons. The second-order valence-corrected chi connectivity index (χ2v) is 8.01. The van der Waals surface area contributed by atoms with Gasteiger partial charge in [-0.25, -0.2) is 4.68 Å². The predicted molar refractivity (Wildman–Crippen MR) is 123 cm³/mol. The number of hydrogen-bond donors (Lipinski definition) is 1. The zero-order valence-electron chi connectivity index (χ0n) is 18.1. The van der Waals surface area contributed by atoms with E-state index >= 15 is 0 Å². The molecule has 0 unspecified atom stereocenters. The van der Waals surface area contributed by atoms with Gasteiger partial charge in [-0.2, -0.15) is 0 Å². The Labute approximate surface area is 182 Å². The number of aromatic nitrogens is 4. The Kier molecular flexibility index (Phi) is 6.26. The van der Waals surface area contributed by atoms with Crippen LogP contribution < -0.4 is 10.1 Å². The number of rotatable bonds is 8. The van der Waals surface area contributed by atoms with Gasteiger partial charge in [0.2, 0.25) is 0 Å². The third-order valence-corrected chi connectivity index (χ3v) is 4.86. The summed E-state index contributed by atoms with van der Waals surface area (Å²) in [6.07, 6.45) is 4.69. The molecule has 2 heterocycles. The second kappa shape index (κ2) is 9.43. The second-order valence-electron chi connectivity index (χ2n) is 8.01. The number of nitrogens with one attached hydrogen (secondary N) is 1. The lowest BCUT2D eigenvalue weighted by molar-refractivity contribution is 0.301. The van der Waals surface area contributed by atoms with Crippen LogP contribution >= 0.6 is 0 Å². The molecular weight excluding hydrogens is 386 g/mol. The quantitative estimate of drug-likeness (QED) is 0.414. The summed E-state index contributed by atoms with van der Waals surface area (Å²) in [6, 6.07) is 20.0. The lowest BCUT2D eigenvalue weighted by Gasteiger charge is -2.13. The van der Waals surface area contributed by atoms with Gasteiger partial charge >= 0.3 is 0 Å². The van der Waals surface area contributed by atoms with Crippen LogP contribution in [-0.4, -0.2) is 20.0 Å². The maximum atomic E-state index is 5.88. The average Bonchev–Trinajstić information content (AvgIpc) is 3.23. The zero-order chi connectivity index (χ0) is 21.6. The SMILES string of the molecule is Cc1cc(OCc2ccccn2)ccc1Nc1cccc(-n2cc(CC(C)C)nn2)c1. The van der Waals surface area contributed by atoms with E-state index in [9.17, 15) is 0 Å². The number of nitrogens with zero attached hydrogens (tertiary/aromatic N) is 4. The number of pyridine rings is 1. The van der Waals surface area contributed by atoms with E-state index < -0.39 is 0 Å². The molecule has 0 aliphatic carbocycles. The number of benzene rings is 2. The molecule has 6 nitrogen and oxygen atoms in total. The van der Waals surface area contributed by atoms with Crippen molar-refractivity contribution in [2.45, 2.75) is 33.8 Å². The van der Waals surface area contributed by atoms with E-state index in [-0.39, 0.29) is 0 Å². The van der Waals surface area contributed by atoms with Crippen LogP contribution in [0.1, 0.15) is 30.8 Å². The van der Waals surface area contributed by atoms with Gasteiger partial charge in [0.05, 0.1) is 23.3 Å². The minimum atomic E-state index is 0.450. The fourth-order valence-corrected chi connectivity index (χ4v) is 3.33. The molecule has 0 bridgehead atoms. The highest BCUT2D eigenvalue weighted by Gasteiger charge is 2.07. The first-order chi connectivity index (χ1) is 15.1. The Morgan fingerprint density at radius 3 is 2.68 bits per heavy atom. The summed E-state index contributed by atoms with van der Waals surface area (Å²) in [5.41, 5.74) is 6.00. The third kappa shape index (κ3) is 5.48. The molecule has 1 N–H and O–H groups in total. The third-order valence-electron chi connectivity index (χ3n) is 4.86. The molecule has 4 aromatic rings. The van der Waals surface area contributed by atoms with Crippen molar-refractivity contribution in [1.29, 1.82) is 0 Å². The molecule has 4 rings (SSSR count). The smallest absolute Gasteiger partial charge is 0.130 e. The van der Waals surface area contributed by atoms with Gasteiger partial charge < -0.3 is 10.1 Å². The molecule has 6 heteroatoms. The number of hydrogen-bond acceptors (Lipinski definition) is 5. The van der Waals surface area contributed by atoms with Gasteiger partial charge in [0, 0.05) is 17.6 Å². The number of aryl methyl sites for hydroxylation is 1. The molecule has 0 fully saturated rings. The summed E-state index contributed by atoms with van der Waals surface area (Å²) in [7, 11) is 0. The first-order valence-electron chi connectivity index (χ1n) is 10.5. The summed E-state index contributed by atoms with van der Waals surface area (Å²) >= 11 is 0. The van der Waals surface area contributed by atoms with Crippen LogP contribution in [0.25, 0.3) is 5.69 Å². The van der Waals surface area contributed by atoms with Gasteiger partial charge in [0.25, 0.3) is 0 Å². The molecule has 0 saturated carbocycles. The van der Waals surface area contributed by atoms with Crippen LogP contribution in [0.3, 0.4) is 0 Å². The highest BCUT2D eigenvalue weighted by molar-refractivity contribution is 5.65. The van der Waals surface area contributed by atoms with Gasteiger partial charge in [0.1, 0.15) is 12.4 Å². The molecule has 2 aromatic heterocycles. The fourth-order valence-electron chi connectivity index (χ4n) is 3.33. The number of ether oxygens (including phenoxy) is 1. The molecule has 2 aromatic carbocycles. The molecule has 0 aliphatic rings. The maximum Gasteiger partial charge on any atom is 0.130 e. The predicted octanol–water partition coefficient (Wildman–Crippen LogP) is 5.49. The van der Waals surface area contributed by atoms with Gasteiger partial charge in [-0.3, -0.25) is 4.98 Å². The monoisotopic (exact) mass is 413 g/mol. The van der Waals surface area contributed by atoms with E-state index in [1.807, 2.05) is 65.5 Å². The van der Waals surface area contributed by atoms with E-state index in [0.717, 1.165) is 46.2 Å². The van der Waals surface area contributed by atoms with Crippen molar-refractivity contribution < 1.29 is 4.74 Å². The summed E-state index contributed by atoms with van der Waals surface area (Å²) in [6.45, 7) is 6.88. The van der Waals surface area contributed by atoms with E-state index in [1.165, 1.54) is 0 Å². The molecule has 31 heavy (non-hydrogen) atoms. The topological polar surface area (TPSA) is 64.9 Å². The Bertz CT molecular complexity index is 1140. The standard InChI is InChI=1S/C25H27N5O/c1-18(2)13-22-16-30(29-28-22)23-9-6-8-20(15-23)27-25-11-10-24(14-19(25)3)31-17-21-7-4-5-12-26-21/h4-12,14-16,18,27H,13,17H2,1-3H3. The summed E-state index contributed by atoms with van der Waals surface area (Å²) in [5, 5.41) is 12.1. The van der Waals surface area contributed by atoms with Crippen molar-refractivity contribution in [2.75, 3.05) is 5.32 Å². The van der Waals surface area contributed by atoms with Crippen molar-refractivity contribution >= 4 is 11.4 Å². The highest BCUT2D eigenvalue weighted by Crippen LogP contribution is 2.26. The van der Waals surface area contributed by atoms with Crippen LogP contribution in [0, 0.1) is 12.8 Å². The largest absolute Gasteiger partial charge is 0.487 e. The lowest BCUT2D eigenvalue weighted by atomic mass is 10.1. The average molecular weight is 414 g/mol. The number of anilines is 2. The molecule has 0 spiro atoms. The van der Waals surface area contributed by atoms with Crippen LogP contribution in [0.4, 0.5) is 11.4 Å². The van der Waals surface area contributed by atoms with Crippen LogP contribution in [-0.2, 0) is 13.0 Å². The molecular formula is C25H27N5O. The van der Waals surface area contributed by atoms with E-state index in [0.29, 0.717) is 12.5 Å². The van der Waals surface area contributed by atoms with Gasteiger partial charge in [-0.1, -0.05) is 31.2 Å². The molecule has 0 saturated heterocycles. The summed E-state index contributed by atoms with van der Waals surface area (Å²) in [5.74, 6) is 1.37. The molecule has 0 aliphatic heterocycles.